The van der Waals surface area contributed by atoms with Gasteiger partial charge in [-0.25, -0.2) is 4.39 Å². The fraction of sp³-hybridized carbons (Fsp3) is 0.188. The summed E-state index contributed by atoms with van der Waals surface area (Å²) in [7, 11) is 0. The molecule has 0 aliphatic heterocycles. The van der Waals surface area contributed by atoms with Crippen LogP contribution in [0.1, 0.15) is 18.5 Å². The summed E-state index contributed by atoms with van der Waals surface area (Å²) < 4.78 is 12.9. The monoisotopic (exact) mass is 304 g/mol. The highest BCUT2D eigenvalue weighted by molar-refractivity contribution is 8.00. The first-order valence-corrected chi connectivity index (χ1v) is 7.57. The van der Waals surface area contributed by atoms with E-state index in [0.29, 0.717) is 0 Å². The Bertz CT molecular complexity index is 616. The summed E-state index contributed by atoms with van der Waals surface area (Å²) in [6.07, 6.45) is 0. The second-order valence-corrected chi connectivity index (χ2v) is 5.69. The zero-order valence-electron chi connectivity index (χ0n) is 11.7. The second-order valence-electron chi connectivity index (χ2n) is 4.67. The van der Waals surface area contributed by atoms with Gasteiger partial charge in [0.15, 0.2) is 0 Å². The number of carbonyl (C=O) groups is 1. The lowest BCUT2D eigenvalue weighted by Gasteiger charge is -2.18. The Morgan fingerprint density at radius 1 is 1.24 bits per heavy atom. The molecule has 0 aromatic heterocycles. The number of carbonyl (C=O) groups excluding carboxylic acids is 1. The summed E-state index contributed by atoms with van der Waals surface area (Å²) in [5, 5.41) is 3.37. The van der Waals surface area contributed by atoms with Crippen molar-refractivity contribution >= 4 is 23.4 Å². The summed E-state index contributed by atoms with van der Waals surface area (Å²) in [4.78, 5) is 11.9. The number of benzene rings is 2. The standard InChI is InChI=1S/C16H17FN2OS/c1-11(12-6-8-13(17)9-7-12)19-14-4-2-3-5-15(14)21-10-16(18)20/h2-9,11,19H,10H2,1H3,(H2,18,20)/t11-/m0/s1. The van der Waals surface area contributed by atoms with Crippen LogP contribution in [0.5, 0.6) is 0 Å². The highest BCUT2D eigenvalue weighted by Crippen LogP contribution is 2.29. The third-order valence-corrected chi connectivity index (χ3v) is 4.09. The van der Waals surface area contributed by atoms with Crippen LogP contribution in [0.25, 0.3) is 0 Å². The minimum absolute atomic E-state index is 0.0286. The molecule has 0 saturated heterocycles. The predicted molar refractivity (Wildman–Crippen MR) is 84.8 cm³/mol. The van der Waals surface area contributed by atoms with E-state index in [1.807, 2.05) is 31.2 Å². The molecular weight excluding hydrogens is 287 g/mol. The van der Waals surface area contributed by atoms with Crippen molar-refractivity contribution in [3.05, 3.63) is 59.9 Å². The lowest BCUT2D eigenvalue weighted by molar-refractivity contribution is -0.115. The molecule has 0 spiro atoms. The molecule has 1 amide bonds. The predicted octanol–water partition coefficient (Wildman–Crippen LogP) is 3.58. The average Bonchev–Trinajstić information content (AvgIpc) is 2.47. The maximum atomic E-state index is 12.9. The number of hydrogen-bond donors (Lipinski definition) is 2. The largest absolute Gasteiger partial charge is 0.378 e. The number of amides is 1. The number of nitrogens with two attached hydrogens (primary N) is 1. The number of rotatable bonds is 6. The molecule has 0 fully saturated rings. The molecule has 5 heteroatoms. The van der Waals surface area contributed by atoms with Crippen LogP contribution in [0.15, 0.2) is 53.4 Å². The molecule has 3 N–H and O–H groups in total. The molecule has 2 rings (SSSR count). The Balaban J connectivity index is 2.11. The van der Waals surface area contributed by atoms with Gasteiger partial charge in [0.1, 0.15) is 5.82 Å². The highest BCUT2D eigenvalue weighted by atomic mass is 32.2. The first-order chi connectivity index (χ1) is 10.1. The summed E-state index contributed by atoms with van der Waals surface area (Å²) in [6.45, 7) is 2.00. The Labute approximate surface area is 127 Å². The van der Waals surface area contributed by atoms with E-state index in [2.05, 4.69) is 5.32 Å². The molecule has 21 heavy (non-hydrogen) atoms. The molecule has 0 radical (unpaired) electrons. The number of thioether (sulfide) groups is 1. The van der Waals surface area contributed by atoms with Gasteiger partial charge in [0, 0.05) is 16.6 Å². The van der Waals surface area contributed by atoms with Crippen molar-refractivity contribution in [1.82, 2.24) is 0 Å². The molecule has 110 valence electrons. The molecule has 0 aliphatic rings. The summed E-state index contributed by atoms with van der Waals surface area (Å²) in [5.41, 5.74) is 7.10. The molecule has 1 atom stereocenters. The average molecular weight is 304 g/mol. The van der Waals surface area contributed by atoms with Crippen molar-refractivity contribution < 1.29 is 9.18 Å². The van der Waals surface area contributed by atoms with Crippen LogP contribution in [0.3, 0.4) is 0 Å². The minimum atomic E-state index is -0.346. The number of nitrogens with one attached hydrogen (secondary N) is 1. The summed E-state index contributed by atoms with van der Waals surface area (Å²) >= 11 is 1.40. The molecular formula is C16H17FN2OS. The van der Waals surface area contributed by atoms with E-state index in [4.69, 9.17) is 5.73 Å². The molecule has 2 aromatic carbocycles. The van der Waals surface area contributed by atoms with Gasteiger partial charge >= 0.3 is 0 Å². The fourth-order valence-electron chi connectivity index (χ4n) is 1.93. The molecule has 3 nitrogen and oxygen atoms in total. The number of anilines is 1. The zero-order valence-corrected chi connectivity index (χ0v) is 12.5. The van der Waals surface area contributed by atoms with Crippen LogP contribution in [-0.4, -0.2) is 11.7 Å². The van der Waals surface area contributed by atoms with Gasteiger partial charge in [0.2, 0.25) is 5.91 Å². The Hall–Kier alpha value is -2.01. The number of hydrogen-bond acceptors (Lipinski definition) is 3. The van der Waals surface area contributed by atoms with Crippen LogP contribution < -0.4 is 11.1 Å². The second kappa shape index (κ2) is 7.13. The third-order valence-electron chi connectivity index (χ3n) is 3.00. The quantitative estimate of drug-likeness (QED) is 0.802. The van der Waals surface area contributed by atoms with E-state index in [9.17, 15) is 9.18 Å². The van der Waals surface area contributed by atoms with E-state index in [1.165, 1.54) is 23.9 Å². The van der Waals surface area contributed by atoms with Crippen LogP contribution >= 0.6 is 11.8 Å². The van der Waals surface area contributed by atoms with Gasteiger partial charge in [-0.1, -0.05) is 24.3 Å². The molecule has 0 saturated carbocycles. The molecule has 2 aromatic rings. The first kappa shape index (κ1) is 15.4. The Morgan fingerprint density at radius 3 is 2.57 bits per heavy atom. The topological polar surface area (TPSA) is 55.1 Å². The molecule has 0 aliphatic carbocycles. The molecule has 0 heterocycles. The van der Waals surface area contributed by atoms with Crippen molar-refractivity contribution in [2.45, 2.75) is 17.9 Å². The van der Waals surface area contributed by atoms with Gasteiger partial charge in [0.05, 0.1) is 5.75 Å². The van der Waals surface area contributed by atoms with E-state index in [0.717, 1.165) is 16.1 Å². The van der Waals surface area contributed by atoms with E-state index in [1.54, 1.807) is 12.1 Å². The number of halogens is 1. The van der Waals surface area contributed by atoms with Crippen molar-refractivity contribution in [1.29, 1.82) is 0 Å². The zero-order chi connectivity index (χ0) is 15.2. The first-order valence-electron chi connectivity index (χ1n) is 6.58. The summed E-state index contributed by atoms with van der Waals surface area (Å²) in [6, 6.07) is 14.2. The molecule has 0 unspecified atom stereocenters. The smallest absolute Gasteiger partial charge is 0.227 e. The lowest BCUT2D eigenvalue weighted by Crippen LogP contribution is -2.13. The van der Waals surface area contributed by atoms with Crippen LogP contribution in [0, 0.1) is 5.82 Å². The maximum absolute atomic E-state index is 12.9. The van der Waals surface area contributed by atoms with E-state index in [-0.39, 0.29) is 23.5 Å². The van der Waals surface area contributed by atoms with Crippen LogP contribution in [0.2, 0.25) is 0 Å². The fourth-order valence-corrected chi connectivity index (χ4v) is 2.68. The normalized spacial score (nSPS) is 11.9. The van der Waals surface area contributed by atoms with Gasteiger partial charge in [-0.2, -0.15) is 0 Å². The lowest BCUT2D eigenvalue weighted by atomic mass is 10.1. The van der Waals surface area contributed by atoms with E-state index < -0.39 is 0 Å². The maximum Gasteiger partial charge on any atom is 0.227 e. The van der Waals surface area contributed by atoms with Gasteiger partial charge in [-0.3, -0.25) is 4.79 Å². The number of primary amides is 1. The third kappa shape index (κ3) is 4.49. The summed E-state index contributed by atoms with van der Waals surface area (Å²) in [5.74, 6) is -0.353. The van der Waals surface area contributed by atoms with Crippen molar-refractivity contribution in [3.8, 4) is 0 Å². The van der Waals surface area contributed by atoms with Crippen LogP contribution in [-0.2, 0) is 4.79 Å². The van der Waals surface area contributed by atoms with Crippen molar-refractivity contribution in [3.63, 3.8) is 0 Å². The van der Waals surface area contributed by atoms with Gasteiger partial charge < -0.3 is 11.1 Å². The van der Waals surface area contributed by atoms with E-state index >= 15 is 0 Å². The van der Waals surface area contributed by atoms with Gasteiger partial charge in [-0.05, 0) is 36.8 Å². The van der Waals surface area contributed by atoms with Crippen molar-refractivity contribution in [2.75, 3.05) is 11.1 Å². The number of para-hydroxylation sites is 1. The van der Waals surface area contributed by atoms with Crippen molar-refractivity contribution in [2.24, 2.45) is 5.73 Å². The minimum Gasteiger partial charge on any atom is -0.378 e. The highest BCUT2D eigenvalue weighted by Gasteiger charge is 2.09. The Morgan fingerprint density at radius 2 is 1.90 bits per heavy atom. The van der Waals surface area contributed by atoms with Gasteiger partial charge in [0.25, 0.3) is 0 Å². The van der Waals surface area contributed by atoms with Crippen LogP contribution in [0.4, 0.5) is 10.1 Å². The molecule has 0 bridgehead atoms. The Kier molecular flexibility index (Phi) is 5.22. The SMILES string of the molecule is C[C@H](Nc1ccccc1SCC(N)=O)c1ccc(F)cc1. The van der Waals surface area contributed by atoms with Gasteiger partial charge in [-0.15, -0.1) is 11.8 Å².